The van der Waals surface area contributed by atoms with Gasteiger partial charge in [0, 0.05) is 4.47 Å². The Hall–Kier alpha value is -1.12. The van der Waals surface area contributed by atoms with Crippen molar-refractivity contribution in [2.45, 2.75) is 32.3 Å². The van der Waals surface area contributed by atoms with Gasteiger partial charge in [0.05, 0.1) is 6.10 Å². The van der Waals surface area contributed by atoms with Crippen LogP contribution in [-0.2, 0) is 19.3 Å². The van der Waals surface area contributed by atoms with E-state index in [2.05, 4.69) is 47.1 Å². The van der Waals surface area contributed by atoms with Crippen molar-refractivity contribution in [3.8, 4) is 0 Å². The molecule has 0 spiro atoms. The number of aryl methyl sites for hydroxylation is 1. The molecule has 0 amide bonds. The van der Waals surface area contributed by atoms with Crippen LogP contribution in [0.2, 0.25) is 0 Å². The first-order valence-corrected chi connectivity index (χ1v) is 7.47. The highest BCUT2D eigenvalue weighted by Gasteiger charge is 2.07. The van der Waals surface area contributed by atoms with E-state index >= 15 is 0 Å². The fraction of sp³-hybridized carbons (Fsp3) is 0.294. The standard InChI is InChI=1S/C17H19BrO/c1-2-13-3-5-14(6-4-13)11-17(19)12-15-7-9-16(18)10-8-15/h3-10,17,19H,2,11-12H2,1H3. The number of benzene rings is 2. The van der Waals surface area contributed by atoms with Gasteiger partial charge in [-0.1, -0.05) is 59.3 Å². The van der Waals surface area contributed by atoms with E-state index in [1.165, 1.54) is 16.7 Å². The Labute approximate surface area is 123 Å². The molecule has 1 atom stereocenters. The lowest BCUT2D eigenvalue weighted by molar-refractivity contribution is 0.175. The Balaban J connectivity index is 1.92. The molecule has 0 aromatic heterocycles. The number of aliphatic hydroxyl groups excluding tert-OH is 1. The minimum Gasteiger partial charge on any atom is -0.392 e. The van der Waals surface area contributed by atoms with Crippen LogP contribution >= 0.6 is 15.9 Å². The molecule has 0 aliphatic carbocycles. The van der Waals surface area contributed by atoms with Crippen molar-refractivity contribution >= 4 is 15.9 Å². The van der Waals surface area contributed by atoms with Gasteiger partial charge in [-0.15, -0.1) is 0 Å². The smallest absolute Gasteiger partial charge is 0.0620 e. The maximum absolute atomic E-state index is 10.1. The lowest BCUT2D eigenvalue weighted by Gasteiger charge is -2.11. The van der Waals surface area contributed by atoms with E-state index in [1.807, 2.05) is 24.3 Å². The third-order valence-electron chi connectivity index (χ3n) is 3.29. The van der Waals surface area contributed by atoms with Gasteiger partial charge >= 0.3 is 0 Å². The van der Waals surface area contributed by atoms with Crippen molar-refractivity contribution in [3.05, 3.63) is 69.7 Å². The second-order valence-corrected chi connectivity index (χ2v) is 5.77. The first kappa shape index (κ1) is 14.3. The summed E-state index contributed by atoms with van der Waals surface area (Å²) in [5.41, 5.74) is 3.70. The molecule has 0 saturated carbocycles. The zero-order valence-corrected chi connectivity index (χ0v) is 12.7. The van der Waals surface area contributed by atoms with Crippen molar-refractivity contribution in [1.82, 2.24) is 0 Å². The predicted octanol–water partition coefficient (Wildman–Crippen LogP) is 4.16. The molecule has 2 aromatic rings. The molecule has 0 radical (unpaired) electrons. The van der Waals surface area contributed by atoms with Crippen LogP contribution in [-0.4, -0.2) is 11.2 Å². The average molecular weight is 319 g/mol. The van der Waals surface area contributed by atoms with Crippen molar-refractivity contribution < 1.29 is 5.11 Å². The number of hydrogen-bond donors (Lipinski definition) is 1. The normalized spacial score (nSPS) is 12.4. The minimum atomic E-state index is -0.325. The average Bonchev–Trinajstić information content (AvgIpc) is 2.42. The summed E-state index contributed by atoms with van der Waals surface area (Å²) in [7, 11) is 0. The van der Waals surface area contributed by atoms with Crippen molar-refractivity contribution in [2.24, 2.45) is 0 Å². The largest absolute Gasteiger partial charge is 0.392 e. The highest BCUT2D eigenvalue weighted by Crippen LogP contribution is 2.14. The molecule has 1 N–H and O–H groups in total. The molecular formula is C17H19BrO. The maximum Gasteiger partial charge on any atom is 0.0620 e. The van der Waals surface area contributed by atoms with Crippen LogP contribution in [0.15, 0.2) is 53.0 Å². The quantitative estimate of drug-likeness (QED) is 0.877. The van der Waals surface area contributed by atoms with Gasteiger partial charge in [0.1, 0.15) is 0 Å². The summed E-state index contributed by atoms with van der Waals surface area (Å²) in [6, 6.07) is 16.6. The van der Waals surface area contributed by atoms with Gasteiger partial charge in [-0.3, -0.25) is 0 Å². The topological polar surface area (TPSA) is 20.2 Å². The van der Waals surface area contributed by atoms with Crippen LogP contribution in [0.5, 0.6) is 0 Å². The Morgan fingerprint density at radius 3 is 1.74 bits per heavy atom. The molecule has 0 fully saturated rings. The summed E-state index contributed by atoms with van der Waals surface area (Å²) in [5, 5.41) is 10.1. The molecule has 19 heavy (non-hydrogen) atoms. The summed E-state index contributed by atoms with van der Waals surface area (Å²) in [6.07, 6.45) is 2.14. The first-order chi connectivity index (χ1) is 9.17. The van der Waals surface area contributed by atoms with Gasteiger partial charge < -0.3 is 5.11 Å². The minimum absolute atomic E-state index is 0.325. The zero-order valence-electron chi connectivity index (χ0n) is 11.1. The summed E-state index contributed by atoms with van der Waals surface area (Å²) in [6.45, 7) is 2.15. The lowest BCUT2D eigenvalue weighted by atomic mass is 10.0. The van der Waals surface area contributed by atoms with E-state index in [0.717, 1.165) is 10.9 Å². The van der Waals surface area contributed by atoms with Gasteiger partial charge in [0.15, 0.2) is 0 Å². The van der Waals surface area contributed by atoms with Crippen LogP contribution in [0, 0.1) is 0 Å². The van der Waals surface area contributed by atoms with Crippen molar-refractivity contribution in [3.63, 3.8) is 0 Å². The Kier molecular flexibility index (Phi) is 5.17. The van der Waals surface area contributed by atoms with Gasteiger partial charge in [-0.25, -0.2) is 0 Å². The molecule has 100 valence electrons. The highest BCUT2D eigenvalue weighted by molar-refractivity contribution is 9.10. The van der Waals surface area contributed by atoms with Gasteiger partial charge in [-0.2, -0.15) is 0 Å². The summed E-state index contributed by atoms with van der Waals surface area (Å²) < 4.78 is 1.07. The Morgan fingerprint density at radius 1 is 0.842 bits per heavy atom. The van der Waals surface area contributed by atoms with E-state index in [4.69, 9.17) is 0 Å². The fourth-order valence-electron chi connectivity index (χ4n) is 2.15. The maximum atomic E-state index is 10.1. The number of halogens is 1. The number of rotatable bonds is 5. The highest BCUT2D eigenvalue weighted by atomic mass is 79.9. The molecule has 1 unspecified atom stereocenters. The fourth-order valence-corrected chi connectivity index (χ4v) is 2.41. The molecule has 1 nitrogen and oxygen atoms in total. The van der Waals surface area contributed by atoms with Crippen molar-refractivity contribution in [2.75, 3.05) is 0 Å². The summed E-state index contributed by atoms with van der Waals surface area (Å²) in [4.78, 5) is 0. The SMILES string of the molecule is CCc1ccc(CC(O)Cc2ccc(Br)cc2)cc1. The zero-order chi connectivity index (χ0) is 13.7. The van der Waals surface area contributed by atoms with Crippen LogP contribution in [0.1, 0.15) is 23.6 Å². The van der Waals surface area contributed by atoms with E-state index in [-0.39, 0.29) is 6.10 Å². The third kappa shape index (κ3) is 4.48. The molecule has 0 heterocycles. The van der Waals surface area contributed by atoms with Crippen LogP contribution in [0.3, 0.4) is 0 Å². The van der Waals surface area contributed by atoms with Crippen LogP contribution in [0.4, 0.5) is 0 Å². The second-order valence-electron chi connectivity index (χ2n) is 4.86. The Bertz CT molecular complexity index is 502. The van der Waals surface area contributed by atoms with Gasteiger partial charge in [0.2, 0.25) is 0 Å². The molecule has 0 aliphatic heterocycles. The molecule has 2 rings (SSSR count). The van der Waals surface area contributed by atoms with E-state index in [9.17, 15) is 5.11 Å². The molecular weight excluding hydrogens is 300 g/mol. The summed E-state index contributed by atoms with van der Waals surface area (Å²) >= 11 is 3.42. The van der Waals surface area contributed by atoms with Crippen LogP contribution in [0.25, 0.3) is 0 Å². The first-order valence-electron chi connectivity index (χ1n) is 6.67. The Morgan fingerprint density at radius 2 is 1.26 bits per heavy atom. The number of aliphatic hydroxyl groups is 1. The van der Waals surface area contributed by atoms with E-state index in [1.54, 1.807) is 0 Å². The molecule has 0 bridgehead atoms. The third-order valence-corrected chi connectivity index (χ3v) is 3.82. The van der Waals surface area contributed by atoms with Crippen LogP contribution < -0.4 is 0 Å². The second kappa shape index (κ2) is 6.88. The van der Waals surface area contributed by atoms with E-state index < -0.39 is 0 Å². The predicted molar refractivity (Wildman–Crippen MR) is 83.4 cm³/mol. The van der Waals surface area contributed by atoms with Gasteiger partial charge in [-0.05, 0) is 48.1 Å². The molecule has 0 saturated heterocycles. The molecule has 2 aromatic carbocycles. The van der Waals surface area contributed by atoms with E-state index in [0.29, 0.717) is 12.8 Å². The monoisotopic (exact) mass is 318 g/mol. The molecule has 0 aliphatic rings. The van der Waals surface area contributed by atoms with Gasteiger partial charge in [0.25, 0.3) is 0 Å². The molecule has 2 heteroatoms. The van der Waals surface area contributed by atoms with Crippen molar-refractivity contribution in [1.29, 1.82) is 0 Å². The number of hydrogen-bond acceptors (Lipinski definition) is 1. The summed E-state index contributed by atoms with van der Waals surface area (Å²) in [5.74, 6) is 0. The lowest BCUT2D eigenvalue weighted by Crippen LogP contribution is -2.13.